The molecule has 0 amide bonds. The van der Waals surface area contributed by atoms with Crippen LogP contribution < -0.4 is 10.6 Å². The molecule has 0 saturated heterocycles. The lowest BCUT2D eigenvalue weighted by atomic mass is 10.1. The molecule has 0 fully saturated rings. The lowest BCUT2D eigenvalue weighted by Gasteiger charge is -2.28. The number of aromatic nitrogens is 3. The topological polar surface area (TPSA) is 70.4 Å². The maximum atomic E-state index is 4.37. The number of hydrogen-bond acceptors (Lipinski definition) is 4. The molecule has 1 aromatic heterocycles. The number of rotatable bonds is 6. The van der Waals surface area contributed by atoms with Crippen molar-refractivity contribution in [2.45, 2.75) is 44.9 Å². The highest BCUT2D eigenvalue weighted by Gasteiger charge is 2.20. The lowest BCUT2D eigenvalue weighted by molar-refractivity contribution is 0.249. The summed E-state index contributed by atoms with van der Waals surface area (Å²) < 4.78 is 1.98. The fourth-order valence-corrected chi connectivity index (χ4v) is 3.17. The molecule has 1 aliphatic heterocycles. The van der Waals surface area contributed by atoms with E-state index in [2.05, 4.69) is 74.9 Å². The van der Waals surface area contributed by atoms with Crippen molar-refractivity contribution >= 4 is 5.96 Å². The van der Waals surface area contributed by atoms with Crippen LogP contribution in [0.4, 0.5) is 0 Å². The molecule has 2 aromatic rings. The lowest BCUT2D eigenvalue weighted by Crippen LogP contribution is -2.49. The van der Waals surface area contributed by atoms with Crippen LogP contribution in [-0.4, -0.2) is 58.3 Å². The van der Waals surface area contributed by atoms with Gasteiger partial charge in [-0.05, 0) is 26.0 Å². The van der Waals surface area contributed by atoms with E-state index in [-0.39, 0.29) is 0 Å². The Kier molecular flexibility index (Phi) is 6.22. The van der Waals surface area contributed by atoms with E-state index in [4.69, 9.17) is 0 Å². The zero-order valence-electron chi connectivity index (χ0n) is 15.9. The van der Waals surface area contributed by atoms with E-state index in [9.17, 15) is 0 Å². The van der Waals surface area contributed by atoms with E-state index in [1.807, 2.05) is 11.7 Å². The van der Waals surface area contributed by atoms with Crippen molar-refractivity contribution in [2.24, 2.45) is 4.99 Å². The zero-order valence-corrected chi connectivity index (χ0v) is 15.9. The molecule has 2 heterocycles. The Bertz CT molecular complexity index is 710. The minimum atomic E-state index is 0.327. The van der Waals surface area contributed by atoms with Gasteiger partial charge in [0.25, 0.3) is 0 Å². The second-order valence-electron chi connectivity index (χ2n) is 6.94. The first-order valence-electron chi connectivity index (χ1n) is 9.23. The van der Waals surface area contributed by atoms with Gasteiger partial charge in [0, 0.05) is 38.6 Å². The number of likely N-dealkylation sites (N-methyl/N-ethyl adjacent to an activating group) is 1. The molecular weight excluding hydrogens is 326 g/mol. The SMILES string of the molecule is CN=C(NCC(C)N(C)Cc1ccccc1)NC1CCc2ncnn2C1. The van der Waals surface area contributed by atoms with Gasteiger partial charge in [0.05, 0.1) is 6.54 Å². The summed E-state index contributed by atoms with van der Waals surface area (Å²) >= 11 is 0. The number of guanidine groups is 1. The standard InChI is InChI=1S/C19H29N7/c1-15(25(3)12-16-7-5-4-6-8-16)11-21-19(20-2)24-17-9-10-18-22-14-23-26(18)13-17/h4-8,14-15,17H,9-13H2,1-3H3,(H2,20,21,24). The normalized spacial score (nSPS) is 18.5. The third-order valence-electron chi connectivity index (χ3n) is 4.96. The maximum Gasteiger partial charge on any atom is 0.191 e. The van der Waals surface area contributed by atoms with Crippen LogP contribution in [0.15, 0.2) is 41.7 Å². The fraction of sp³-hybridized carbons (Fsp3) is 0.526. The van der Waals surface area contributed by atoms with E-state index in [1.54, 1.807) is 6.33 Å². The molecule has 0 aliphatic carbocycles. The Balaban J connectivity index is 1.45. The van der Waals surface area contributed by atoms with Crippen LogP contribution in [0.3, 0.4) is 0 Å². The quantitative estimate of drug-likeness (QED) is 0.603. The van der Waals surface area contributed by atoms with Gasteiger partial charge in [-0.15, -0.1) is 0 Å². The third kappa shape index (κ3) is 4.82. The monoisotopic (exact) mass is 355 g/mol. The molecule has 140 valence electrons. The average Bonchev–Trinajstić information content (AvgIpc) is 3.13. The van der Waals surface area contributed by atoms with Gasteiger partial charge >= 0.3 is 0 Å². The molecule has 2 atom stereocenters. The zero-order chi connectivity index (χ0) is 18.4. The smallest absolute Gasteiger partial charge is 0.191 e. The van der Waals surface area contributed by atoms with Crippen molar-refractivity contribution in [2.75, 3.05) is 20.6 Å². The molecule has 0 spiro atoms. The average molecular weight is 355 g/mol. The first-order chi connectivity index (χ1) is 12.7. The Morgan fingerprint density at radius 1 is 1.38 bits per heavy atom. The van der Waals surface area contributed by atoms with Crippen LogP contribution in [0.1, 0.15) is 24.7 Å². The van der Waals surface area contributed by atoms with Crippen molar-refractivity contribution in [3.05, 3.63) is 48.0 Å². The van der Waals surface area contributed by atoms with Crippen molar-refractivity contribution in [3.8, 4) is 0 Å². The van der Waals surface area contributed by atoms with Gasteiger partial charge in [-0.2, -0.15) is 5.10 Å². The molecule has 1 aromatic carbocycles. The number of aliphatic imine (C=N–C) groups is 1. The minimum Gasteiger partial charge on any atom is -0.355 e. The summed E-state index contributed by atoms with van der Waals surface area (Å²) in [6.45, 7) is 4.84. The van der Waals surface area contributed by atoms with E-state index in [0.717, 1.165) is 44.3 Å². The van der Waals surface area contributed by atoms with Gasteiger partial charge in [-0.25, -0.2) is 9.67 Å². The molecular formula is C19H29N7. The summed E-state index contributed by atoms with van der Waals surface area (Å²) in [7, 11) is 3.97. The van der Waals surface area contributed by atoms with Crippen molar-refractivity contribution in [3.63, 3.8) is 0 Å². The third-order valence-corrected chi connectivity index (χ3v) is 4.96. The van der Waals surface area contributed by atoms with Crippen LogP contribution in [-0.2, 0) is 19.5 Å². The van der Waals surface area contributed by atoms with E-state index in [0.29, 0.717) is 12.1 Å². The number of fused-ring (bicyclic) bond motifs is 1. The molecule has 3 rings (SSSR count). The minimum absolute atomic E-state index is 0.327. The summed E-state index contributed by atoms with van der Waals surface area (Å²) in [6.07, 6.45) is 3.63. The summed E-state index contributed by atoms with van der Waals surface area (Å²) in [5.74, 6) is 1.92. The van der Waals surface area contributed by atoms with Crippen LogP contribution in [0, 0.1) is 0 Å². The highest BCUT2D eigenvalue weighted by atomic mass is 15.4. The Hall–Kier alpha value is -2.41. The summed E-state index contributed by atoms with van der Waals surface area (Å²) in [5.41, 5.74) is 1.33. The molecule has 2 unspecified atom stereocenters. The first kappa shape index (κ1) is 18.4. The first-order valence-corrected chi connectivity index (χ1v) is 9.23. The van der Waals surface area contributed by atoms with Crippen molar-refractivity contribution in [1.82, 2.24) is 30.3 Å². The Morgan fingerprint density at radius 3 is 2.96 bits per heavy atom. The highest BCUT2D eigenvalue weighted by molar-refractivity contribution is 5.80. The molecule has 1 aliphatic rings. The molecule has 0 radical (unpaired) electrons. The van der Waals surface area contributed by atoms with Crippen LogP contribution >= 0.6 is 0 Å². The molecule has 7 nitrogen and oxygen atoms in total. The Labute approximate surface area is 155 Å². The molecule has 2 N–H and O–H groups in total. The van der Waals surface area contributed by atoms with Gasteiger partial charge in [0.1, 0.15) is 12.2 Å². The summed E-state index contributed by atoms with van der Waals surface area (Å²) in [4.78, 5) is 11.0. The van der Waals surface area contributed by atoms with Crippen molar-refractivity contribution in [1.29, 1.82) is 0 Å². The second-order valence-corrected chi connectivity index (χ2v) is 6.94. The number of nitrogens with one attached hydrogen (secondary N) is 2. The van der Waals surface area contributed by atoms with Gasteiger partial charge < -0.3 is 10.6 Å². The Morgan fingerprint density at radius 2 is 2.19 bits per heavy atom. The number of benzene rings is 1. The highest BCUT2D eigenvalue weighted by Crippen LogP contribution is 2.11. The molecule has 7 heteroatoms. The predicted molar refractivity (Wildman–Crippen MR) is 104 cm³/mol. The van der Waals surface area contributed by atoms with E-state index in [1.165, 1.54) is 5.56 Å². The van der Waals surface area contributed by atoms with Crippen molar-refractivity contribution < 1.29 is 0 Å². The van der Waals surface area contributed by atoms with Crippen LogP contribution in [0.5, 0.6) is 0 Å². The maximum absolute atomic E-state index is 4.37. The van der Waals surface area contributed by atoms with Crippen LogP contribution in [0.2, 0.25) is 0 Å². The van der Waals surface area contributed by atoms with Gasteiger partial charge in [-0.1, -0.05) is 30.3 Å². The molecule has 0 saturated carbocycles. The van der Waals surface area contributed by atoms with Gasteiger partial charge in [-0.3, -0.25) is 9.89 Å². The van der Waals surface area contributed by atoms with E-state index >= 15 is 0 Å². The predicted octanol–water partition coefficient (Wildman–Crippen LogP) is 1.28. The second kappa shape index (κ2) is 8.80. The number of nitrogens with zero attached hydrogens (tertiary/aromatic N) is 5. The summed E-state index contributed by atoms with van der Waals surface area (Å²) in [5, 5.41) is 11.2. The largest absolute Gasteiger partial charge is 0.355 e. The van der Waals surface area contributed by atoms with Gasteiger partial charge in [0.2, 0.25) is 0 Å². The fourth-order valence-electron chi connectivity index (χ4n) is 3.17. The van der Waals surface area contributed by atoms with Gasteiger partial charge in [0.15, 0.2) is 5.96 Å². The molecule has 0 bridgehead atoms. The van der Waals surface area contributed by atoms with E-state index < -0.39 is 0 Å². The summed E-state index contributed by atoms with van der Waals surface area (Å²) in [6, 6.07) is 11.3. The number of aryl methyl sites for hydroxylation is 1. The molecule has 26 heavy (non-hydrogen) atoms. The van der Waals surface area contributed by atoms with Crippen LogP contribution in [0.25, 0.3) is 0 Å². The number of hydrogen-bond donors (Lipinski definition) is 2.